The number of amides is 1. The van der Waals surface area contributed by atoms with Crippen molar-refractivity contribution in [3.8, 4) is 0 Å². The molecule has 0 unspecified atom stereocenters. The van der Waals surface area contributed by atoms with E-state index in [1.807, 2.05) is 30.3 Å². The zero-order valence-electron chi connectivity index (χ0n) is 10.6. The highest BCUT2D eigenvalue weighted by Crippen LogP contribution is 2.17. The zero-order chi connectivity index (χ0) is 15.0. The van der Waals surface area contributed by atoms with Crippen LogP contribution in [0.4, 0.5) is 0 Å². The Morgan fingerprint density at radius 2 is 1.80 bits per heavy atom. The summed E-state index contributed by atoms with van der Waals surface area (Å²) in [7, 11) is 0. The number of aliphatic carboxylic acids is 2. The van der Waals surface area contributed by atoms with Gasteiger partial charge in [0.15, 0.2) is 0 Å². The van der Waals surface area contributed by atoms with Crippen LogP contribution in [-0.2, 0) is 14.4 Å². The molecule has 1 rings (SSSR count). The third kappa shape index (κ3) is 6.24. The summed E-state index contributed by atoms with van der Waals surface area (Å²) in [6, 6.07) is 8.09. The maximum atomic E-state index is 11.5. The Morgan fingerprint density at radius 3 is 2.35 bits per heavy atom. The van der Waals surface area contributed by atoms with E-state index >= 15 is 0 Å². The van der Waals surface area contributed by atoms with Crippen LogP contribution in [-0.4, -0.2) is 39.9 Å². The van der Waals surface area contributed by atoms with Crippen LogP contribution >= 0.6 is 11.8 Å². The van der Waals surface area contributed by atoms with Gasteiger partial charge in [0.25, 0.3) is 0 Å². The van der Waals surface area contributed by atoms with Crippen molar-refractivity contribution in [3.05, 3.63) is 30.3 Å². The molecule has 0 bridgehead atoms. The Balaban J connectivity index is 2.35. The Kier molecular flexibility index (Phi) is 6.58. The first-order chi connectivity index (χ1) is 9.49. The molecule has 1 amide bonds. The van der Waals surface area contributed by atoms with Gasteiger partial charge >= 0.3 is 11.9 Å². The highest BCUT2D eigenvalue weighted by molar-refractivity contribution is 7.99. The molecule has 0 saturated carbocycles. The fraction of sp³-hybridized carbons (Fsp3) is 0.308. The largest absolute Gasteiger partial charge is 0.481 e. The van der Waals surface area contributed by atoms with E-state index in [1.165, 1.54) is 11.8 Å². The third-order valence-electron chi connectivity index (χ3n) is 2.35. The number of rotatable bonds is 8. The predicted molar refractivity (Wildman–Crippen MR) is 73.6 cm³/mol. The average Bonchev–Trinajstić information content (AvgIpc) is 2.38. The molecule has 6 nitrogen and oxygen atoms in total. The molecule has 0 radical (unpaired) electrons. The number of carboxylic acid groups (broad SMARTS) is 2. The predicted octanol–water partition coefficient (Wildman–Crippen LogP) is 1.21. The average molecular weight is 297 g/mol. The summed E-state index contributed by atoms with van der Waals surface area (Å²) in [6.45, 7) is 0. The highest BCUT2D eigenvalue weighted by atomic mass is 32.2. The topological polar surface area (TPSA) is 104 Å². The van der Waals surface area contributed by atoms with Crippen molar-refractivity contribution in [3.63, 3.8) is 0 Å². The molecule has 1 aromatic carbocycles. The summed E-state index contributed by atoms with van der Waals surface area (Å²) in [5, 5.41) is 19.5. The minimum atomic E-state index is -1.39. The normalized spacial score (nSPS) is 11.6. The summed E-state index contributed by atoms with van der Waals surface area (Å²) in [6.07, 6.45) is -0.504. The smallest absolute Gasteiger partial charge is 0.326 e. The first kappa shape index (κ1) is 16.0. The zero-order valence-corrected chi connectivity index (χ0v) is 11.4. The van der Waals surface area contributed by atoms with Gasteiger partial charge in [0.2, 0.25) is 5.91 Å². The molecule has 20 heavy (non-hydrogen) atoms. The number of hydrogen-bond donors (Lipinski definition) is 3. The molecule has 1 atom stereocenters. The molecule has 0 aliphatic rings. The third-order valence-corrected chi connectivity index (χ3v) is 3.37. The number of nitrogens with one attached hydrogen (secondary N) is 1. The van der Waals surface area contributed by atoms with Crippen molar-refractivity contribution in [2.75, 3.05) is 5.75 Å². The molecule has 3 N–H and O–H groups in total. The Bertz CT molecular complexity index is 477. The molecule has 7 heteroatoms. The maximum Gasteiger partial charge on any atom is 0.326 e. The van der Waals surface area contributed by atoms with Crippen LogP contribution in [0.25, 0.3) is 0 Å². The van der Waals surface area contributed by atoms with Gasteiger partial charge in [-0.3, -0.25) is 9.59 Å². The lowest BCUT2D eigenvalue weighted by molar-refractivity contribution is -0.147. The number of thioether (sulfide) groups is 1. The van der Waals surface area contributed by atoms with Gasteiger partial charge in [-0.25, -0.2) is 4.79 Å². The van der Waals surface area contributed by atoms with Gasteiger partial charge in [-0.05, 0) is 12.1 Å². The van der Waals surface area contributed by atoms with Crippen LogP contribution in [0.5, 0.6) is 0 Å². The van der Waals surface area contributed by atoms with Crippen LogP contribution < -0.4 is 5.32 Å². The molecule has 0 saturated heterocycles. The van der Waals surface area contributed by atoms with Crippen molar-refractivity contribution in [1.82, 2.24) is 5.32 Å². The SMILES string of the molecule is O=C(O)C[C@@H](NC(=O)CCSc1ccccc1)C(=O)O. The van der Waals surface area contributed by atoms with Gasteiger partial charge in [0, 0.05) is 17.1 Å². The molecule has 0 fully saturated rings. The molecular weight excluding hydrogens is 282 g/mol. The van der Waals surface area contributed by atoms with E-state index in [0.717, 1.165) is 4.90 Å². The second-order valence-electron chi connectivity index (χ2n) is 3.97. The minimum Gasteiger partial charge on any atom is -0.481 e. The molecule has 0 aliphatic heterocycles. The van der Waals surface area contributed by atoms with E-state index in [9.17, 15) is 14.4 Å². The Hall–Kier alpha value is -2.02. The lowest BCUT2D eigenvalue weighted by Crippen LogP contribution is -2.42. The van der Waals surface area contributed by atoms with Crippen LogP contribution in [0.3, 0.4) is 0 Å². The fourth-order valence-electron chi connectivity index (χ4n) is 1.42. The summed E-state index contributed by atoms with van der Waals surface area (Å²) in [4.78, 5) is 33.8. The van der Waals surface area contributed by atoms with Crippen LogP contribution in [0.15, 0.2) is 35.2 Å². The van der Waals surface area contributed by atoms with Gasteiger partial charge < -0.3 is 15.5 Å². The van der Waals surface area contributed by atoms with E-state index in [2.05, 4.69) is 5.32 Å². The van der Waals surface area contributed by atoms with Crippen molar-refractivity contribution < 1.29 is 24.6 Å². The van der Waals surface area contributed by atoms with Gasteiger partial charge in [-0.2, -0.15) is 0 Å². The molecule has 0 spiro atoms. The fourth-order valence-corrected chi connectivity index (χ4v) is 2.29. The van der Waals surface area contributed by atoms with E-state index in [-0.39, 0.29) is 6.42 Å². The van der Waals surface area contributed by atoms with Crippen LogP contribution in [0.1, 0.15) is 12.8 Å². The van der Waals surface area contributed by atoms with E-state index in [4.69, 9.17) is 10.2 Å². The van der Waals surface area contributed by atoms with Crippen molar-refractivity contribution in [2.45, 2.75) is 23.8 Å². The van der Waals surface area contributed by atoms with Gasteiger partial charge in [-0.1, -0.05) is 18.2 Å². The first-order valence-electron chi connectivity index (χ1n) is 5.91. The number of carbonyl (C=O) groups excluding carboxylic acids is 1. The summed E-state index contributed by atoms with van der Waals surface area (Å²) in [5.74, 6) is -2.59. The number of benzene rings is 1. The lowest BCUT2D eigenvalue weighted by Gasteiger charge is -2.12. The molecule has 0 aliphatic carbocycles. The monoisotopic (exact) mass is 297 g/mol. The molecule has 108 valence electrons. The lowest BCUT2D eigenvalue weighted by atomic mass is 10.2. The molecule has 1 aromatic rings. The minimum absolute atomic E-state index is 0.128. The van der Waals surface area contributed by atoms with E-state index in [0.29, 0.717) is 5.75 Å². The standard InChI is InChI=1S/C13H15NO5S/c15-11(14-10(13(18)19)8-12(16)17)6-7-20-9-4-2-1-3-5-9/h1-5,10H,6-8H2,(H,14,15)(H,16,17)(H,18,19)/t10-/m1/s1. The summed E-state index contributed by atoms with van der Waals surface area (Å²) in [5.41, 5.74) is 0. The summed E-state index contributed by atoms with van der Waals surface area (Å²) < 4.78 is 0. The molecule has 0 aromatic heterocycles. The number of carboxylic acids is 2. The Labute approximate surface area is 120 Å². The van der Waals surface area contributed by atoms with Gasteiger partial charge in [0.05, 0.1) is 6.42 Å². The van der Waals surface area contributed by atoms with Crippen LogP contribution in [0.2, 0.25) is 0 Å². The quantitative estimate of drug-likeness (QED) is 0.623. The highest BCUT2D eigenvalue weighted by Gasteiger charge is 2.22. The van der Waals surface area contributed by atoms with Gasteiger partial charge in [0.1, 0.15) is 6.04 Å². The number of carbonyl (C=O) groups is 3. The maximum absolute atomic E-state index is 11.5. The second kappa shape index (κ2) is 8.21. The summed E-state index contributed by atoms with van der Waals surface area (Å²) >= 11 is 1.47. The van der Waals surface area contributed by atoms with Crippen molar-refractivity contribution in [2.24, 2.45) is 0 Å². The van der Waals surface area contributed by atoms with Crippen LogP contribution in [0, 0.1) is 0 Å². The second-order valence-corrected chi connectivity index (χ2v) is 5.14. The first-order valence-corrected chi connectivity index (χ1v) is 6.89. The van der Waals surface area contributed by atoms with E-state index in [1.54, 1.807) is 0 Å². The molecular formula is C13H15NO5S. The van der Waals surface area contributed by atoms with Crippen molar-refractivity contribution >= 4 is 29.6 Å². The molecule has 0 heterocycles. The van der Waals surface area contributed by atoms with E-state index < -0.39 is 30.3 Å². The van der Waals surface area contributed by atoms with Crippen molar-refractivity contribution in [1.29, 1.82) is 0 Å². The number of hydrogen-bond acceptors (Lipinski definition) is 4. The van der Waals surface area contributed by atoms with Gasteiger partial charge in [-0.15, -0.1) is 11.8 Å². The Morgan fingerprint density at radius 1 is 1.15 bits per heavy atom.